The molecule has 0 radical (unpaired) electrons. The van der Waals surface area contributed by atoms with E-state index in [1.807, 2.05) is 0 Å². The van der Waals surface area contributed by atoms with Crippen LogP contribution in [0.4, 0.5) is 13.2 Å². The van der Waals surface area contributed by atoms with Crippen molar-refractivity contribution in [1.82, 2.24) is 10.2 Å². The van der Waals surface area contributed by atoms with E-state index in [9.17, 15) is 22.8 Å². The number of hydrogen-bond donors (Lipinski definition) is 1. The van der Waals surface area contributed by atoms with E-state index in [4.69, 9.17) is 0 Å². The van der Waals surface area contributed by atoms with Crippen LogP contribution in [0.3, 0.4) is 0 Å². The molecule has 2 rings (SSSR count). The molecule has 0 aromatic heterocycles. The zero-order valence-corrected chi connectivity index (χ0v) is 12.0. The Morgan fingerprint density at radius 2 is 1.76 bits per heavy atom. The highest BCUT2D eigenvalue weighted by molar-refractivity contribution is 5.98. The van der Waals surface area contributed by atoms with Gasteiger partial charge in [0, 0.05) is 13.0 Å². The topological polar surface area (TPSA) is 49.4 Å². The van der Waals surface area contributed by atoms with Gasteiger partial charge in [0.15, 0.2) is 0 Å². The monoisotopic (exact) mass is 306 g/mol. The first kappa shape index (κ1) is 16.1. The van der Waals surface area contributed by atoms with Gasteiger partial charge in [-0.1, -0.05) is 19.3 Å². The number of unbranched alkanes of at least 4 members (excludes halogenated alkanes) is 1. The van der Waals surface area contributed by atoms with Crippen LogP contribution in [0, 0.1) is 0 Å². The summed E-state index contributed by atoms with van der Waals surface area (Å²) in [5.41, 5.74) is -0.794. The molecule has 4 nitrogen and oxygen atoms in total. The second-order valence-electron chi connectivity index (χ2n) is 5.99. The molecule has 0 aromatic carbocycles. The third kappa shape index (κ3) is 4.11. The molecule has 21 heavy (non-hydrogen) atoms. The summed E-state index contributed by atoms with van der Waals surface area (Å²) in [6, 6.07) is 0. The van der Waals surface area contributed by atoms with Crippen molar-refractivity contribution in [3.8, 4) is 0 Å². The molecule has 7 heteroatoms. The number of hydrogen-bond acceptors (Lipinski definition) is 2. The molecule has 1 aliphatic carbocycles. The molecule has 1 aliphatic heterocycles. The van der Waals surface area contributed by atoms with E-state index in [0.29, 0.717) is 12.8 Å². The van der Waals surface area contributed by atoms with Gasteiger partial charge in [-0.05, 0) is 25.7 Å². The summed E-state index contributed by atoms with van der Waals surface area (Å²) >= 11 is 0. The number of rotatable bonds is 4. The maximum Gasteiger partial charge on any atom is 0.389 e. The van der Waals surface area contributed by atoms with Gasteiger partial charge in [0.1, 0.15) is 5.54 Å². The number of carbonyl (C=O) groups is 2. The fraction of sp³-hybridized carbons (Fsp3) is 0.857. The van der Waals surface area contributed by atoms with Gasteiger partial charge in [0.05, 0.1) is 6.54 Å². The summed E-state index contributed by atoms with van der Waals surface area (Å²) < 4.78 is 36.3. The minimum atomic E-state index is -4.16. The third-order valence-electron chi connectivity index (χ3n) is 4.26. The maximum atomic E-state index is 12.5. The van der Waals surface area contributed by atoms with Crippen LogP contribution in [0.2, 0.25) is 0 Å². The van der Waals surface area contributed by atoms with E-state index >= 15 is 0 Å². The first-order valence-electron chi connectivity index (χ1n) is 7.50. The summed E-state index contributed by atoms with van der Waals surface area (Å²) in [6.07, 6.45) is -0.623. The van der Waals surface area contributed by atoms with Crippen molar-refractivity contribution in [3.63, 3.8) is 0 Å². The third-order valence-corrected chi connectivity index (χ3v) is 4.26. The van der Waals surface area contributed by atoms with Gasteiger partial charge in [-0.3, -0.25) is 9.59 Å². The highest BCUT2D eigenvalue weighted by atomic mass is 19.4. The normalized spacial score (nSPS) is 22.5. The average Bonchev–Trinajstić information content (AvgIpc) is 2.40. The Kier molecular flexibility index (Phi) is 4.78. The van der Waals surface area contributed by atoms with Crippen LogP contribution < -0.4 is 5.32 Å². The molecule has 2 amide bonds. The molecule has 0 aromatic rings. The molecule has 0 bridgehead atoms. The lowest BCUT2D eigenvalue weighted by Crippen LogP contribution is -2.67. The Labute approximate surface area is 122 Å². The number of nitrogens with zero attached hydrogens (tertiary/aromatic N) is 1. The Hall–Kier alpha value is -1.27. The molecular weight excluding hydrogens is 285 g/mol. The van der Waals surface area contributed by atoms with E-state index in [0.717, 1.165) is 19.3 Å². The lowest BCUT2D eigenvalue weighted by Gasteiger charge is -2.44. The maximum absolute atomic E-state index is 12.5. The van der Waals surface area contributed by atoms with Crippen LogP contribution in [-0.4, -0.2) is 41.5 Å². The van der Waals surface area contributed by atoms with Gasteiger partial charge in [-0.15, -0.1) is 0 Å². The minimum absolute atomic E-state index is 0.0120. The van der Waals surface area contributed by atoms with Crippen LogP contribution in [-0.2, 0) is 9.59 Å². The second-order valence-corrected chi connectivity index (χ2v) is 5.99. The van der Waals surface area contributed by atoms with Gasteiger partial charge < -0.3 is 10.2 Å². The number of alkyl halides is 3. The Bertz CT molecular complexity index is 404. The number of amides is 2. The summed E-state index contributed by atoms with van der Waals surface area (Å²) in [6.45, 7) is 0.191. The summed E-state index contributed by atoms with van der Waals surface area (Å²) in [5, 5.41) is 2.82. The van der Waals surface area contributed by atoms with E-state index in [-0.39, 0.29) is 37.7 Å². The molecule has 1 saturated carbocycles. The Balaban J connectivity index is 1.90. The molecular formula is C14H21F3N2O2. The summed E-state index contributed by atoms with van der Waals surface area (Å²) in [7, 11) is 0. The molecule has 1 spiro atoms. The number of carbonyl (C=O) groups excluding carboxylic acids is 2. The van der Waals surface area contributed by atoms with Gasteiger partial charge in [0.25, 0.3) is 0 Å². The van der Waals surface area contributed by atoms with Crippen LogP contribution in [0.25, 0.3) is 0 Å². The SMILES string of the molecule is O=C1CN(CCCCC(F)(F)F)C(=O)C2(CCCCC2)N1. The summed E-state index contributed by atoms with van der Waals surface area (Å²) in [4.78, 5) is 25.8. The van der Waals surface area contributed by atoms with E-state index in [2.05, 4.69) is 5.32 Å². The molecule has 1 heterocycles. The molecule has 1 saturated heterocycles. The van der Waals surface area contributed by atoms with E-state index in [1.54, 1.807) is 0 Å². The number of halogens is 3. The smallest absolute Gasteiger partial charge is 0.340 e. The lowest BCUT2D eigenvalue weighted by molar-refractivity contribution is -0.152. The van der Waals surface area contributed by atoms with Crippen molar-refractivity contribution >= 4 is 11.8 Å². The second kappa shape index (κ2) is 6.23. The fourth-order valence-corrected chi connectivity index (χ4v) is 3.21. The largest absolute Gasteiger partial charge is 0.389 e. The van der Waals surface area contributed by atoms with Crippen LogP contribution in [0.15, 0.2) is 0 Å². The zero-order valence-electron chi connectivity index (χ0n) is 12.0. The van der Waals surface area contributed by atoms with Gasteiger partial charge in [0.2, 0.25) is 11.8 Å². The van der Waals surface area contributed by atoms with Crippen molar-refractivity contribution in [2.24, 2.45) is 0 Å². The zero-order chi connectivity index (χ0) is 15.5. The van der Waals surface area contributed by atoms with Gasteiger partial charge in [-0.25, -0.2) is 0 Å². The molecule has 120 valence electrons. The van der Waals surface area contributed by atoms with Crippen molar-refractivity contribution in [2.75, 3.05) is 13.1 Å². The Morgan fingerprint density at radius 3 is 2.38 bits per heavy atom. The average molecular weight is 306 g/mol. The standard InChI is InChI=1S/C14H21F3N2O2/c15-14(16,17)8-4-5-9-19-10-11(20)18-13(12(19)21)6-2-1-3-7-13/h1-10H2,(H,18,20). The lowest BCUT2D eigenvalue weighted by atomic mass is 9.79. The molecule has 0 unspecified atom stereocenters. The molecule has 0 atom stereocenters. The molecule has 1 N–H and O–H groups in total. The quantitative estimate of drug-likeness (QED) is 0.811. The van der Waals surface area contributed by atoms with Crippen molar-refractivity contribution in [3.05, 3.63) is 0 Å². The van der Waals surface area contributed by atoms with Crippen LogP contribution >= 0.6 is 0 Å². The van der Waals surface area contributed by atoms with E-state index in [1.165, 1.54) is 4.90 Å². The Morgan fingerprint density at radius 1 is 1.10 bits per heavy atom. The molecule has 2 aliphatic rings. The molecule has 2 fully saturated rings. The van der Waals surface area contributed by atoms with Crippen molar-refractivity contribution < 1.29 is 22.8 Å². The van der Waals surface area contributed by atoms with Crippen molar-refractivity contribution in [2.45, 2.75) is 63.1 Å². The van der Waals surface area contributed by atoms with Crippen LogP contribution in [0.1, 0.15) is 51.4 Å². The first-order valence-corrected chi connectivity index (χ1v) is 7.50. The van der Waals surface area contributed by atoms with Gasteiger partial charge in [-0.2, -0.15) is 13.2 Å². The predicted molar refractivity (Wildman–Crippen MR) is 70.4 cm³/mol. The summed E-state index contributed by atoms with van der Waals surface area (Å²) in [5.74, 6) is -0.318. The van der Waals surface area contributed by atoms with Crippen molar-refractivity contribution in [1.29, 1.82) is 0 Å². The van der Waals surface area contributed by atoms with Gasteiger partial charge >= 0.3 is 6.18 Å². The number of piperazine rings is 1. The number of nitrogens with one attached hydrogen (secondary N) is 1. The van der Waals surface area contributed by atoms with Crippen LogP contribution in [0.5, 0.6) is 0 Å². The first-order chi connectivity index (χ1) is 9.82. The highest BCUT2D eigenvalue weighted by Crippen LogP contribution is 2.32. The van der Waals surface area contributed by atoms with E-state index < -0.39 is 18.1 Å². The predicted octanol–water partition coefficient (Wildman–Crippen LogP) is 2.38. The highest BCUT2D eigenvalue weighted by Gasteiger charge is 2.46. The fourth-order valence-electron chi connectivity index (χ4n) is 3.21. The minimum Gasteiger partial charge on any atom is -0.340 e.